The average Bonchev–Trinajstić information content (AvgIpc) is 2.61. The molecule has 0 bridgehead atoms. The van der Waals surface area contributed by atoms with Crippen molar-refractivity contribution in [2.24, 2.45) is 0 Å². The highest BCUT2D eigenvalue weighted by atomic mass is 19.4. The maximum absolute atomic E-state index is 12.8. The SMILES string of the molecule is Cc1nc(Nc2cccc(C(F)(F)F)c2)cc(C(=O)N2CCOCC2)n1. The summed E-state index contributed by atoms with van der Waals surface area (Å²) in [5.74, 6) is 0.345. The van der Waals surface area contributed by atoms with Crippen molar-refractivity contribution >= 4 is 17.4 Å². The maximum Gasteiger partial charge on any atom is 0.416 e. The lowest BCUT2D eigenvalue weighted by Gasteiger charge is -2.26. The van der Waals surface area contributed by atoms with Crippen LogP contribution in [0.2, 0.25) is 0 Å². The Balaban J connectivity index is 1.83. The Morgan fingerprint density at radius 2 is 1.92 bits per heavy atom. The van der Waals surface area contributed by atoms with E-state index >= 15 is 0 Å². The fourth-order valence-corrected chi connectivity index (χ4v) is 2.59. The van der Waals surface area contributed by atoms with Crippen molar-refractivity contribution in [3.05, 3.63) is 47.4 Å². The van der Waals surface area contributed by atoms with E-state index in [9.17, 15) is 18.0 Å². The molecule has 6 nitrogen and oxygen atoms in total. The van der Waals surface area contributed by atoms with E-state index in [0.29, 0.717) is 32.1 Å². The summed E-state index contributed by atoms with van der Waals surface area (Å²) in [5, 5.41) is 2.81. The van der Waals surface area contributed by atoms with Gasteiger partial charge in [-0.05, 0) is 25.1 Å². The zero-order valence-electron chi connectivity index (χ0n) is 14.0. The summed E-state index contributed by atoms with van der Waals surface area (Å²) in [6.45, 7) is 3.49. The Labute approximate surface area is 148 Å². The molecule has 0 radical (unpaired) electrons. The van der Waals surface area contributed by atoms with Gasteiger partial charge in [0.25, 0.3) is 5.91 Å². The van der Waals surface area contributed by atoms with Gasteiger partial charge >= 0.3 is 6.18 Å². The standard InChI is InChI=1S/C17H17F3N4O2/c1-11-21-14(16(25)24-5-7-26-8-6-24)10-15(22-11)23-13-4-2-3-12(9-13)17(18,19)20/h2-4,9-10H,5-8H2,1H3,(H,21,22,23). The van der Waals surface area contributed by atoms with Gasteiger partial charge in [-0.3, -0.25) is 4.79 Å². The second kappa shape index (κ2) is 7.28. The van der Waals surface area contributed by atoms with Gasteiger partial charge in [-0.1, -0.05) is 6.07 Å². The van der Waals surface area contributed by atoms with Gasteiger partial charge in [0.2, 0.25) is 0 Å². The smallest absolute Gasteiger partial charge is 0.378 e. The summed E-state index contributed by atoms with van der Waals surface area (Å²) in [5.41, 5.74) is -0.352. The summed E-state index contributed by atoms with van der Waals surface area (Å²) in [4.78, 5) is 22.5. The number of nitrogens with one attached hydrogen (secondary N) is 1. The number of aryl methyl sites for hydroxylation is 1. The Bertz CT molecular complexity index is 805. The Morgan fingerprint density at radius 3 is 2.62 bits per heavy atom. The summed E-state index contributed by atoms with van der Waals surface area (Å²) in [6.07, 6.45) is -4.43. The highest BCUT2D eigenvalue weighted by Crippen LogP contribution is 2.31. The third-order valence-electron chi connectivity index (χ3n) is 3.82. The fourth-order valence-electron chi connectivity index (χ4n) is 2.59. The van der Waals surface area contributed by atoms with E-state index in [1.165, 1.54) is 18.2 Å². The quantitative estimate of drug-likeness (QED) is 0.905. The third kappa shape index (κ3) is 4.29. The first-order valence-electron chi connectivity index (χ1n) is 8.00. The molecule has 9 heteroatoms. The minimum atomic E-state index is -4.43. The number of benzene rings is 1. The second-order valence-corrected chi connectivity index (χ2v) is 5.79. The molecular weight excluding hydrogens is 349 g/mol. The lowest BCUT2D eigenvalue weighted by molar-refractivity contribution is -0.137. The van der Waals surface area contributed by atoms with Gasteiger partial charge in [-0.25, -0.2) is 9.97 Å². The molecule has 26 heavy (non-hydrogen) atoms. The number of hydrogen-bond donors (Lipinski definition) is 1. The predicted molar refractivity (Wildman–Crippen MR) is 88.2 cm³/mol. The number of hydrogen-bond acceptors (Lipinski definition) is 5. The van der Waals surface area contributed by atoms with Gasteiger partial charge in [-0.2, -0.15) is 13.2 Å². The van der Waals surface area contributed by atoms with Crippen molar-refractivity contribution < 1.29 is 22.7 Å². The van der Waals surface area contributed by atoms with E-state index in [4.69, 9.17) is 4.74 Å². The zero-order chi connectivity index (χ0) is 18.7. The summed E-state index contributed by atoms with van der Waals surface area (Å²) in [6, 6.07) is 6.21. The minimum absolute atomic E-state index is 0.189. The summed E-state index contributed by atoms with van der Waals surface area (Å²) < 4.78 is 43.7. The van der Waals surface area contributed by atoms with Crippen LogP contribution in [0.3, 0.4) is 0 Å². The van der Waals surface area contributed by atoms with Crippen LogP contribution in [0.25, 0.3) is 0 Å². The Hall–Kier alpha value is -2.68. The zero-order valence-corrected chi connectivity index (χ0v) is 14.0. The summed E-state index contributed by atoms with van der Waals surface area (Å²) >= 11 is 0. The van der Waals surface area contributed by atoms with Crippen LogP contribution in [0.4, 0.5) is 24.7 Å². The number of anilines is 2. The molecule has 1 aliphatic rings. The minimum Gasteiger partial charge on any atom is -0.378 e. The number of nitrogens with zero attached hydrogens (tertiary/aromatic N) is 3. The largest absolute Gasteiger partial charge is 0.416 e. The molecule has 1 aliphatic heterocycles. The highest BCUT2D eigenvalue weighted by molar-refractivity contribution is 5.93. The van der Waals surface area contributed by atoms with Crippen LogP contribution < -0.4 is 5.32 Å². The van der Waals surface area contributed by atoms with Gasteiger partial charge in [0.15, 0.2) is 0 Å². The number of carbonyl (C=O) groups is 1. The second-order valence-electron chi connectivity index (χ2n) is 5.79. The number of aromatic nitrogens is 2. The molecule has 0 saturated carbocycles. The van der Waals surface area contributed by atoms with Crippen molar-refractivity contribution in [2.45, 2.75) is 13.1 Å². The number of carbonyl (C=O) groups excluding carboxylic acids is 1. The molecule has 3 rings (SSSR count). The van der Waals surface area contributed by atoms with E-state index < -0.39 is 11.7 Å². The number of ether oxygens (including phenoxy) is 1. The Morgan fingerprint density at radius 1 is 1.19 bits per heavy atom. The van der Waals surface area contributed by atoms with Crippen LogP contribution in [-0.4, -0.2) is 47.1 Å². The van der Waals surface area contributed by atoms with E-state index in [2.05, 4.69) is 15.3 Å². The highest BCUT2D eigenvalue weighted by Gasteiger charge is 2.30. The maximum atomic E-state index is 12.8. The number of morpholine rings is 1. The average molecular weight is 366 g/mol. The fraction of sp³-hybridized carbons (Fsp3) is 0.353. The molecule has 0 unspecified atom stereocenters. The summed E-state index contributed by atoms with van der Waals surface area (Å²) in [7, 11) is 0. The topological polar surface area (TPSA) is 67.4 Å². The number of alkyl halides is 3. The van der Waals surface area contributed by atoms with Crippen molar-refractivity contribution in [3.63, 3.8) is 0 Å². The third-order valence-corrected chi connectivity index (χ3v) is 3.82. The molecule has 2 heterocycles. The van der Waals surface area contributed by atoms with Crippen molar-refractivity contribution in [2.75, 3.05) is 31.6 Å². The monoisotopic (exact) mass is 366 g/mol. The lowest BCUT2D eigenvalue weighted by Crippen LogP contribution is -2.41. The van der Waals surface area contributed by atoms with Gasteiger partial charge < -0.3 is 15.0 Å². The number of amides is 1. The van der Waals surface area contributed by atoms with Gasteiger partial charge in [0.05, 0.1) is 18.8 Å². The molecule has 0 spiro atoms. The molecule has 0 aliphatic carbocycles. The molecule has 138 valence electrons. The predicted octanol–water partition coefficient (Wildman–Crippen LogP) is 3.02. The molecule has 0 atom stereocenters. The van der Waals surface area contributed by atoms with Crippen LogP contribution >= 0.6 is 0 Å². The normalized spacial score (nSPS) is 15.0. The van der Waals surface area contributed by atoms with Gasteiger partial charge in [-0.15, -0.1) is 0 Å². The molecule has 2 aromatic rings. The van der Waals surface area contributed by atoms with Crippen LogP contribution in [0.1, 0.15) is 21.9 Å². The van der Waals surface area contributed by atoms with E-state index in [1.54, 1.807) is 11.8 Å². The number of rotatable bonds is 3. The number of halogens is 3. The molecule has 1 aromatic heterocycles. The van der Waals surface area contributed by atoms with E-state index in [1.807, 2.05) is 0 Å². The molecular formula is C17H17F3N4O2. The van der Waals surface area contributed by atoms with Crippen molar-refractivity contribution in [1.29, 1.82) is 0 Å². The van der Waals surface area contributed by atoms with E-state index in [0.717, 1.165) is 12.1 Å². The molecule has 1 saturated heterocycles. The Kier molecular flexibility index (Phi) is 5.08. The van der Waals surface area contributed by atoms with Crippen molar-refractivity contribution in [1.82, 2.24) is 14.9 Å². The van der Waals surface area contributed by atoms with Crippen LogP contribution in [0.15, 0.2) is 30.3 Å². The van der Waals surface area contributed by atoms with E-state index in [-0.39, 0.29) is 23.1 Å². The molecule has 1 amide bonds. The van der Waals surface area contributed by atoms with Crippen LogP contribution in [0.5, 0.6) is 0 Å². The molecule has 1 fully saturated rings. The van der Waals surface area contributed by atoms with Crippen molar-refractivity contribution in [3.8, 4) is 0 Å². The first kappa shape index (κ1) is 18.1. The van der Waals surface area contributed by atoms with Crippen LogP contribution in [-0.2, 0) is 10.9 Å². The lowest BCUT2D eigenvalue weighted by atomic mass is 10.2. The van der Waals surface area contributed by atoms with Crippen LogP contribution in [0, 0.1) is 6.92 Å². The molecule has 1 aromatic carbocycles. The molecule has 1 N–H and O–H groups in total. The first-order valence-corrected chi connectivity index (χ1v) is 8.00. The van der Waals surface area contributed by atoms with Gasteiger partial charge in [0.1, 0.15) is 17.3 Å². The van der Waals surface area contributed by atoms with Gasteiger partial charge in [0, 0.05) is 24.8 Å². The first-order chi connectivity index (χ1) is 12.3.